The first-order valence-corrected chi connectivity index (χ1v) is 7.25. The molecule has 0 bridgehead atoms. The second kappa shape index (κ2) is 5.23. The van der Waals surface area contributed by atoms with E-state index in [4.69, 9.17) is 11.6 Å². The number of fused-ring (bicyclic) bond motifs is 1. The maximum absolute atomic E-state index is 12.2. The maximum Gasteiger partial charge on any atom is 0.284 e. The maximum atomic E-state index is 12.2. The number of amides is 1. The Labute approximate surface area is 125 Å². The molecule has 20 heavy (non-hydrogen) atoms. The van der Waals surface area contributed by atoms with Crippen LogP contribution in [0.2, 0.25) is 5.02 Å². The van der Waals surface area contributed by atoms with E-state index in [1.165, 1.54) is 11.3 Å². The van der Waals surface area contributed by atoms with E-state index < -0.39 is 0 Å². The van der Waals surface area contributed by atoms with Crippen LogP contribution in [0.4, 0.5) is 5.69 Å². The molecule has 3 aromatic rings. The van der Waals surface area contributed by atoms with Crippen LogP contribution in [0.15, 0.2) is 42.5 Å². The van der Waals surface area contributed by atoms with Crippen LogP contribution in [0, 0.1) is 6.92 Å². The number of nitrogens with zero attached hydrogens (tertiary/aromatic N) is 1. The molecule has 3 nitrogen and oxygen atoms in total. The van der Waals surface area contributed by atoms with Crippen molar-refractivity contribution >= 4 is 44.7 Å². The summed E-state index contributed by atoms with van der Waals surface area (Å²) in [4.78, 5) is 16.5. The Morgan fingerprint density at radius 1 is 1.20 bits per heavy atom. The van der Waals surface area contributed by atoms with Crippen molar-refractivity contribution in [3.8, 4) is 0 Å². The van der Waals surface area contributed by atoms with E-state index in [1.807, 2.05) is 37.3 Å². The monoisotopic (exact) mass is 302 g/mol. The highest BCUT2D eigenvalue weighted by atomic mass is 35.5. The largest absolute Gasteiger partial charge is 0.320 e. The third-order valence-electron chi connectivity index (χ3n) is 2.85. The van der Waals surface area contributed by atoms with Crippen LogP contribution in [0.3, 0.4) is 0 Å². The van der Waals surface area contributed by atoms with Crippen LogP contribution in [0.1, 0.15) is 15.4 Å². The number of anilines is 1. The number of nitrogens with one attached hydrogen (secondary N) is 1. The lowest BCUT2D eigenvalue weighted by atomic mass is 10.2. The van der Waals surface area contributed by atoms with Crippen molar-refractivity contribution in [1.82, 2.24) is 4.98 Å². The first kappa shape index (κ1) is 13.1. The zero-order valence-corrected chi connectivity index (χ0v) is 12.3. The fourth-order valence-electron chi connectivity index (χ4n) is 1.82. The molecule has 0 aliphatic carbocycles. The van der Waals surface area contributed by atoms with Crippen molar-refractivity contribution in [3.63, 3.8) is 0 Å². The predicted molar refractivity (Wildman–Crippen MR) is 83.8 cm³/mol. The van der Waals surface area contributed by atoms with Crippen LogP contribution in [-0.2, 0) is 0 Å². The molecule has 5 heteroatoms. The summed E-state index contributed by atoms with van der Waals surface area (Å²) in [6, 6.07) is 13.1. The number of aromatic nitrogens is 1. The summed E-state index contributed by atoms with van der Waals surface area (Å²) in [7, 11) is 0. The Hall–Kier alpha value is -1.91. The second-order valence-corrected chi connectivity index (χ2v) is 5.92. The van der Waals surface area contributed by atoms with E-state index in [9.17, 15) is 4.79 Å². The number of carbonyl (C=O) groups excluding carboxylic acids is 1. The van der Waals surface area contributed by atoms with Crippen LogP contribution in [0.5, 0.6) is 0 Å². The summed E-state index contributed by atoms with van der Waals surface area (Å²) in [5.74, 6) is -0.203. The van der Waals surface area contributed by atoms with Gasteiger partial charge in [-0.1, -0.05) is 29.3 Å². The van der Waals surface area contributed by atoms with E-state index >= 15 is 0 Å². The van der Waals surface area contributed by atoms with Gasteiger partial charge < -0.3 is 5.32 Å². The standard InChI is InChI=1S/C15H11ClN2OS/c1-9-2-5-11(6-3-9)17-14(19)15-18-12-8-10(16)4-7-13(12)20-15/h2-8H,1H3,(H,17,19). The highest BCUT2D eigenvalue weighted by Crippen LogP contribution is 2.25. The van der Waals surface area contributed by atoms with Crippen LogP contribution in [-0.4, -0.2) is 10.9 Å². The molecule has 1 heterocycles. The van der Waals surface area contributed by atoms with Crippen molar-refractivity contribution < 1.29 is 4.79 Å². The number of halogens is 1. The topological polar surface area (TPSA) is 42.0 Å². The number of benzene rings is 2. The molecular weight excluding hydrogens is 292 g/mol. The molecule has 0 radical (unpaired) electrons. The summed E-state index contributed by atoms with van der Waals surface area (Å²) < 4.78 is 0.948. The van der Waals surface area contributed by atoms with Gasteiger partial charge in [0.05, 0.1) is 10.2 Å². The molecular formula is C15H11ClN2OS. The third kappa shape index (κ3) is 2.66. The van der Waals surface area contributed by atoms with Gasteiger partial charge in [0.1, 0.15) is 0 Å². The molecule has 0 aliphatic heterocycles. The van der Waals surface area contributed by atoms with Gasteiger partial charge in [0.15, 0.2) is 5.01 Å². The minimum Gasteiger partial charge on any atom is -0.320 e. The third-order valence-corrected chi connectivity index (χ3v) is 4.12. The molecule has 0 unspecified atom stereocenters. The molecule has 1 N–H and O–H groups in total. The molecule has 3 rings (SSSR count). The minimum absolute atomic E-state index is 0.203. The molecule has 0 aliphatic rings. The Balaban J connectivity index is 1.86. The Bertz CT molecular complexity index is 780. The van der Waals surface area contributed by atoms with Gasteiger partial charge in [0.2, 0.25) is 0 Å². The van der Waals surface area contributed by atoms with Crippen molar-refractivity contribution in [2.24, 2.45) is 0 Å². The average molecular weight is 303 g/mol. The predicted octanol–water partition coefficient (Wildman–Crippen LogP) is 4.51. The van der Waals surface area contributed by atoms with Gasteiger partial charge in [-0.2, -0.15) is 0 Å². The lowest BCUT2D eigenvalue weighted by Crippen LogP contribution is -2.11. The Morgan fingerprint density at radius 2 is 1.95 bits per heavy atom. The zero-order chi connectivity index (χ0) is 14.1. The summed E-state index contributed by atoms with van der Waals surface area (Å²) in [5, 5.41) is 3.89. The second-order valence-electron chi connectivity index (χ2n) is 4.45. The molecule has 1 amide bonds. The lowest BCUT2D eigenvalue weighted by molar-refractivity contribution is 0.102. The van der Waals surface area contributed by atoms with Gasteiger partial charge >= 0.3 is 0 Å². The smallest absolute Gasteiger partial charge is 0.284 e. The molecule has 2 aromatic carbocycles. The average Bonchev–Trinajstić information content (AvgIpc) is 2.84. The van der Waals surface area contributed by atoms with E-state index in [1.54, 1.807) is 12.1 Å². The minimum atomic E-state index is -0.203. The highest BCUT2D eigenvalue weighted by Gasteiger charge is 2.12. The first-order chi connectivity index (χ1) is 9.61. The summed E-state index contributed by atoms with van der Waals surface area (Å²) in [6.45, 7) is 2.00. The summed E-state index contributed by atoms with van der Waals surface area (Å²) in [5.41, 5.74) is 2.66. The summed E-state index contributed by atoms with van der Waals surface area (Å²) >= 11 is 7.27. The van der Waals surface area contributed by atoms with Gasteiger partial charge in [-0.25, -0.2) is 4.98 Å². The zero-order valence-electron chi connectivity index (χ0n) is 10.7. The molecule has 100 valence electrons. The van der Waals surface area contributed by atoms with E-state index in [-0.39, 0.29) is 5.91 Å². The van der Waals surface area contributed by atoms with E-state index in [2.05, 4.69) is 10.3 Å². The molecule has 0 spiro atoms. The summed E-state index contributed by atoms with van der Waals surface area (Å²) in [6.07, 6.45) is 0. The van der Waals surface area contributed by atoms with Gasteiger partial charge in [-0.15, -0.1) is 11.3 Å². The van der Waals surface area contributed by atoms with Crippen molar-refractivity contribution in [3.05, 3.63) is 58.1 Å². The number of aryl methyl sites for hydroxylation is 1. The molecule has 0 atom stereocenters. The fraction of sp³-hybridized carbons (Fsp3) is 0.0667. The van der Waals surface area contributed by atoms with E-state index in [0.717, 1.165) is 21.5 Å². The van der Waals surface area contributed by atoms with Crippen molar-refractivity contribution in [1.29, 1.82) is 0 Å². The molecule has 0 saturated carbocycles. The van der Waals surface area contributed by atoms with Crippen molar-refractivity contribution in [2.45, 2.75) is 6.92 Å². The first-order valence-electron chi connectivity index (χ1n) is 6.06. The van der Waals surface area contributed by atoms with Crippen LogP contribution in [0.25, 0.3) is 10.2 Å². The Kier molecular flexibility index (Phi) is 3.42. The fourth-order valence-corrected chi connectivity index (χ4v) is 2.83. The normalized spacial score (nSPS) is 10.7. The van der Waals surface area contributed by atoms with Crippen molar-refractivity contribution in [2.75, 3.05) is 5.32 Å². The van der Waals surface area contributed by atoms with Gasteiger partial charge in [-0.3, -0.25) is 4.79 Å². The van der Waals surface area contributed by atoms with E-state index in [0.29, 0.717) is 10.0 Å². The number of hydrogen-bond donors (Lipinski definition) is 1. The molecule has 0 fully saturated rings. The van der Waals surface area contributed by atoms with Gasteiger partial charge in [-0.05, 0) is 37.3 Å². The highest BCUT2D eigenvalue weighted by molar-refractivity contribution is 7.20. The van der Waals surface area contributed by atoms with Crippen LogP contribution >= 0.6 is 22.9 Å². The quantitative estimate of drug-likeness (QED) is 0.756. The SMILES string of the molecule is Cc1ccc(NC(=O)c2nc3cc(Cl)ccc3s2)cc1. The Morgan fingerprint density at radius 3 is 2.70 bits per heavy atom. The molecule has 1 aromatic heterocycles. The van der Waals surface area contributed by atoms with Gasteiger partial charge in [0, 0.05) is 10.7 Å². The number of thiazole rings is 1. The number of hydrogen-bond acceptors (Lipinski definition) is 3. The van der Waals surface area contributed by atoms with Crippen LogP contribution < -0.4 is 5.32 Å². The number of carbonyl (C=O) groups is 1. The van der Waals surface area contributed by atoms with Gasteiger partial charge in [0.25, 0.3) is 5.91 Å². The molecule has 0 saturated heterocycles. The number of rotatable bonds is 2. The lowest BCUT2D eigenvalue weighted by Gasteiger charge is -2.02.